The van der Waals surface area contributed by atoms with Crippen LogP contribution in [0.5, 0.6) is 0 Å². The lowest BCUT2D eigenvalue weighted by molar-refractivity contribution is 0.648. The Morgan fingerprint density at radius 3 is 2.68 bits per heavy atom. The quantitative estimate of drug-likeness (QED) is 0.691. The van der Waals surface area contributed by atoms with Crippen molar-refractivity contribution in [3.63, 3.8) is 0 Å². The molecule has 1 fully saturated rings. The van der Waals surface area contributed by atoms with Crippen LogP contribution in [0.15, 0.2) is 61.2 Å². The number of thioether (sulfide) groups is 2. The van der Waals surface area contributed by atoms with E-state index in [4.69, 9.17) is 0 Å². The number of hydrogen-bond acceptors (Lipinski definition) is 3. The standard InChI is InChI=1S/C18H18N2S2/c1-2-7-16-15(5-1)6-3-8-17(16)18(21-11-4-12-22-18)13-20-10-9-19-14-20/h1-3,5-10,14H,4,11-13H2. The summed E-state index contributed by atoms with van der Waals surface area (Å²) in [7, 11) is 0. The lowest BCUT2D eigenvalue weighted by Crippen LogP contribution is -2.28. The van der Waals surface area contributed by atoms with Crippen molar-refractivity contribution >= 4 is 34.3 Å². The molecule has 0 saturated carbocycles. The van der Waals surface area contributed by atoms with Gasteiger partial charge in [-0.05, 0) is 34.3 Å². The number of nitrogens with zero attached hydrogens (tertiary/aromatic N) is 2. The minimum atomic E-state index is 0.0831. The Bertz CT molecular complexity index is 756. The lowest BCUT2D eigenvalue weighted by atomic mass is 10.0. The first-order chi connectivity index (χ1) is 10.9. The molecule has 4 rings (SSSR count). The van der Waals surface area contributed by atoms with Gasteiger partial charge in [-0.15, -0.1) is 23.5 Å². The summed E-state index contributed by atoms with van der Waals surface area (Å²) in [5, 5.41) is 2.71. The van der Waals surface area contributed by atoms with Crippen molar-refractivity contribution in [2.75, 3.05) is 11.5 Å². The van der Waals surface area contributed by atoms with Gasteiger partial charge in [0.2, 0.25) is 0 Å². The molecule has 4 heteroatoms. The first-order valence-corrected chi connectivity index (χ1v) is 9.56. The van der Waals surface area contributed by atoms with Gasteiger partial charge in [0.1, 0.15) is 4.08 Å². The van der Waals surface area contributed by atoms with Crippen LogP contribution >= 0.6 is 23.5 Å². The summed E-state index contributed by atoms with van der Waals surface area (Å²) in [6.07, 6.45) is 7.17. The molecule has 0 bridgehead atoms. The van der Waals surface area contributed by atoms with Gasteiger partial charge in [0.05, 0.1) is 12.9 Å². The molecule has 0 atom stereocenters. The Kier molecular flexibility index (Phi) is 3.89. The number of benzene rings is 2. The summed E-state index contributed by atoms with van der Waals surface area (Å²) in [6.45, 7) is 0.969. The highest BCUT2D eigenvalue weighted by atomic mass is 32.2. The second-order valence-corrected chi connectivity index (χ2v) is 8.61. The van der Waals surface area contributed by atoms with Gasteiger partial charge in [0.15, 0.2) is 0 Å². The van der Waals surface area contributed by atoms with E-state index >= 15 is 0 Å². The van der Waals surface area contributed by atoms with E-state index in [1.807, 2.05) is 12.5 Å². The zero-order valence-corrected chi connectivity index (χ0v) is 13.9. The molecule has 0 amide bonds. The molecular weight excluding hydrogens is 308 g/mol. The number of rotatable bonds is 3. The molecule has 0 radical (unpaired) electrons. The van der Waals surface area contributed by atoms with E-state index in [1.165, 1.54) is 34.3 Å². The lowest BCUT2D eigenvalue weighted by Gasteiger charge is -2.37. The zero-order valence-electron chi connectivity index (χ0n) is 12.3. The molecule has 22 heavy (non-hydrogen) atoms. The number of imidazole rings is 1. The Morgan fingerprint density at radius 2 is 1.86 bits per heavy atom. The summed E-state index contributed by atoms with van der Waals surface area (Å²) in [4.78, 5) is 4.22. The highest BCUT2D eigenvalue weighted by molar-refractivity contribution is 8.18. The Hall–Kier alpha value is -1.39. The number of aromatic nitrogens is 2. The van der Waals surface area contributed by atoms with Crippen molar-refractivity contribution in [1.82, 2.24) is 9.55 Å². The fraction of sp³-hybridized carbons (Fsp3) is 0.278. The molecule has 112 valence electrons. The van der Waals surface area contributed by atoms with Gasteiger partial charge in [-0.1, -0.05) is 42.5 Å². The molecule has 0 spiro atoms. The van der Waals surface area contributed by atoms with Gasteiger partial charge in [0, 0.05) is 12.4 Å². The van der Waals surface area contributed by atoms with E-state index in [-0.39, 0.29) is 4.08 Å². The zero-order chi connectivity index (χ0) is 14.8. The summed E-state index contributed by atoms with van der Waals surface area (Å²) in [5.74, 6) is 2.45. The van der Waals surface area contributed by atoms with Gasteiger partial charge >= 0.3 is 0 Å². The molecule has 3 aromatic rings. The second-order valence-electron chi connectivity index (χ2n) is 5.57. The highest BCUT2D eigenvalue weighted by Gasteiger charge is 2.37. The maximum Gasteiger partial charge on any atom is 0.104 e. The van der Waals surface area contributed by atoms with Gasteiger partial charge < -0.3 is 4.57 Å². The molecule has 2 aromatic carbocycles. The molecule has 1 saturated heterocycles. The van der Waals surface area contributed by atoms with Crippen LogP contribution in [0.1, 0.15) is 12.0 Å². The Morgan fingerprint density at radius 1 is 1.05 bits per heavy atom. The first kappa shape index (κ1) is 14.2. The van der Waals surface area contributed by atoms with Crippen LogP contribution in [0, 0.1) is 0 Å². The molecule has 1 aliphatic rings. The van der Waals surface area contributed by atoms with E-state index in [2.05, 4.69) is 81.7 Å². The van der Waals surface area contributed by atoms with Gasteiger partial charge in [-0.25, -0.2) is 4.98 Å². The molecule has 0 N–H and O–H groups in total. The third-order valence-corrected chi connectivity index (χ3v) is 7.43. The van der Waals surface area contributed by atoms with Crippen LogP contribution in [-0.2, 0) is 10.6 Å². The largest absolute Gasteiger partial charge is 0.335 e. The van der Waals surface area contributed by atoms with Crippen molar-refractivity contribution in [3.8, 4) is 0 Å². The van der Waals surface area contributed by atoms with Crippen molar-refractivity contribution in [1.29, 1.82) is 0 Å². The molecule has 1 aliphatic heterocycles. The van der Waals surface area contributed by atoms with Crippen LogP contribution in [0.2, 0.25) is 0 Å². The van der Waals surface area contributed by atoms with Crippen molar-refractivity contribution in [3.05, 3.63) is 66.7 Å². The minimum Gasteiger partial charge on any atom is -0.335 e. The minimum absolute atomic E-state index is 0.0831. The highest BCUT2D eigenvalue weighted by Crippen LogP contribution is 2.53. The van der Waals surface area contributed by atoms with Gasteiger partial charge in [-0.2, -0.15) is 0 Å². The third-order valence-electron chi connectivity index (χ3n) is 4.11. The smallest absolute Gasteiger partial charge is 0.104 e. The number of fused-ring (bicyclic) bond motifs is 1. The average molecular weight is 326 g/mol. The fourth-order valence-corrected chi connectivity index (χ4v) is 6.49. The summed E-state index contributed by atoms with van der Waals surface area (Å²) in [6, 6.07) is 15.5. The normalized spacial score (nSPS) is 17.6. The monoisotopic (exact) mass is 326 g/mol. The van der Waals surface area contributed by atoms with Crippen LogP contribution < -0.4 is 0 Å². The van der Waals surface area contributed by atoms with Crippen molar-refractivity contribution in [2.45, 2.75) is 17.0 Å². The molecule has 2 nitrogen and oxygen atoms in total. The van der Waals surface area contributed by atoms with Crippen LogP contribution in [0.25, 0.3) is 10.8 Å². The van der Waals surface area contributed by atoms with E-state index in [0.717, 1.165) is 6.54 Å². The van der Waals surface area contributed by atoms with Gasteiger partial charge in [0.25, 0.3) is 0 Å². The SMILES string of the molecule is c1ccc2c(C3(Cn4ccnc4)SCCCS3)cccc2c1. The molecule has 0 aliphatic carbocycles. The molecule has 2 heterocycles. The molecule has 1 aromatic heterocycles. The topological polar surface area (TPSA) is 17.8 Å². The van der Waals surface area contributed by atoms with E-state index < -0.39 is 0 Å². The maximum absolute atomic E-state index is 4.22. The summed E-state index contributed by atoms with van der Waals surface area (Å²) >= 11 is 4.18. The maximum atomic E-state index is 4.22. The van der Waals surface area contributed by atoms with Crippen LogP contribution in [0.3, 0.4) is 0 Å². The number of hydrogen-bond donors (Lipinski definition) is 0. The van der Waals surface area contributed by atoms with Gasteiger partial charge in [-0.3, -0.25) is 0 Å². The van der Waals surface area contributed by atoms with E-state index in [9.17, 15) is 0 Å². The summed E-state index contributed by atoms with van der Waals surface area (Å²) < 4.78 is 2.30. The van der Waals surface area contributed by atoms with E-state index in [0.29, 0.717) is 0 Å². The van der Waals surface area contributed by atoms with E-state index in [1.54, 1.807) is 0 Å². The summed E-state index contributed by atoms with van der Waals surface area (Å²) in [5.41, 5.74) is 1.45. The third kappa shape index (κ3) is 2.55. The molecule has 0 unspecified atom stereocenters. The fourth-order valence-electron chi connectivity index (χ4n) is 3.08. The predicted molar refractivity (Wildman–Crippen MR) is 97.4 cm³/mol. The van der Waals surface area contributed by atoms with Crippen LogP contribution in [0.4, 0.5) is 0 Å². The second kappa shape index (κ2) is 6.01. The van der Waals surface area contributed by atoms with Crippen molar-refractivity contribution < 1.29 is 0 Å². The average Bonchev–Trinajstić information content (AvgIpc) is 3.08. The Labute approximate surface area is 139 Å². The first-order valence-electron chi connectivity index (χ1n) is 7.59. The Balaban J connectivity index is 1.85. The van der Waals surface area contributed by atoms with Crippen LogP contribution in [-0.4, -0.2) is 21.1 Å². The van der Waals surface area contributed by atoms with Crippen molar-refractivity contribution in [2.24, 2.45) is 0 Å². The molecular formula is C18H18N2S2. The predicted octanol–water partition coefficient (Wildman–Crippen LogP) is 4.76.